The number of nitrogens with zero attached hydrogens (tertiary/aromatic N) is 1. The summed E-state index contributed by atoms with van der Waals surface area (Å²) in [6, 6.07) is 11.0. The standard InChI is InChI=1S/C20H20N2O6S/c1-13-8-9-14(29(2,26)27)12-16(13)19(24)28-11-5-10-22-18(23)15-6-3-4-7-17(15)21-20(22)25/h3-4,6-9,12H,5,10-11H2,1-2H3,(H,21,25). The molecular formula is C20H20N2O6S. The Labute approximate surface area is 166 Å². The van der Waals surface area contributed by atoms with Crippen molar-refractivity contribution in [3.63, 3.8) is 0 Å². The highest BCUT2D eigenvalue weighted by atomic mass is 32.2. The number of hydrogen-bond donors (Lipinski definition) is 1. The molecule has 0 aliphatic heterocycles. The van der Waals surface area contributed by atoms with Crippen LogP contribution in [0.5, 0.6) is 0 Å². The summed E-state index contributed by atoms with van der Waals surface area (Å²) in [6.45, 7) is 1.73. The number of fused-ring (bicyclic) bond motifs is 1. The highest BCUT2D eigenvalue weighted by molar-refractivity contribution is 7.90. The zero-order chi connectivity index (χ0) is 21.2. The van der Waals surface area contributed by atoms with Crippen molar-refractivity contribution in [2.24, 2.45) is 0 Å². The number of esters is 1. The Hall–Kier alpha value is -3.20. The molecule has 2 aromatic carbocycles. The molecule has 0 aliphatic rings. The molecule has 29 heavy (non-hydrogen) atoms. The van der Waals surface area contributed by atoms with E-state index in [1.165, 1.54) is 12.1 Å². The fourth-order valence-electron chi connectivity index (χ4n) is 2.92. The van der Waals surface area contributed by atoms with Crippen molar-refractivity contribution in [3.8, 4) is 0 Å². The number of para-hydroxylation sites is 1. The number of carbonyl (C=O) groups is 1. The van der Waals surface area contributed by atoms with E-state index in [0.29, 0.717) is 16.5 Å². The van der Waals surface area contributed by atoms with Crippen molar-refractivity contribution in [2.45, 2.75) is 24.8 Å². The predicted octanol–water partition coefficient (Wildman–Crippen LogP) is 1.65. The van der Waals surface area contributed by atoms with Crippen molar-refractivity contribution < 1.29 is 17.9 Å². The number of ether oxygens (including phenoxy) is 1. The normalized spacial score (nSPS) is 11.5. The van der Waals surface area contributed by atoms with Gasteiger partial charge in [-0.2, -0.15) is 0 Å². The Bertz CT molecular complexity index is 1300. The van der Waals surface area contributed by atoms with Gasteiger partial charge in [0.05, 0.1) is 28.0 Å². The molecule has 0 amide bonds. The lowest BCUT2D eigenvalue weighted by Gasteiger charge is -2.10. The minimum Gasteiger partial charge on any atom is -0.462 e. The lowest BCUT2D eigenvalue weighted by molar-refractivity contribution is 0.0494. The maximum absolute atomic E-state index is 12.5. The number of sulfone groups is 1. The topological polar surface area (TPSA) is 115 Å². The number of H-pyrrole nitrogens is 1. The highest BCUT2D eigenvalue weighted by Crippen LogP contribution is 2.16. The van der Waals surface area contributed by atoms with E-state index in [-0.39, 0.29) is 30.0 Å². The first kappa shape index (κ1) is 20.5. The van der Waals surface area contributed by atoms with Gasteiger partial charge in [-0.15, -0.1) is 0 Å². The zero-order valence-corrected chi connectivity index (χ0v) is 16.8. The molecule has 3 aromatic rings. The average Bonchev–Trinajstić information content (AvgIpc) is 2.66. The van der Waals surface area contributed by atoms with Gasteiger partial charge in [-0.3, -0.25) is 9.36 Å². The van der Waals surface area contributed by atoms with Gasteiger partial charge < -0.3 is 9.72 Å². The summed E-state index contributed by atoms with van der Waals surface area (Å²) in [5, 5.41) is 0.400. The van der Waals surface area contributed by atoms with Crippen LogP contribution in [-0.4, -0.2) is 36.8 Å². The fraction of sp³-hybridized carbons (Fsp3) is 0.250. The van der Waals surface area contributed by atoms with Gasteiger partial charge in [-0.25, -0.2) is 18.0 Å². The molecule has 9 heteroatoms. The molecule has 8 nitrogen and oxygen atoms in total. The van der Waals surface area contributed by atoms with E-state index in [4.69, 9.17) is 4.74 Å². The van der Waals surface area contributed by atoms with Gasteiger partial charge in [0.15, 0.2) is 9.84 Å². The first-order valence-electron chi connectivity index (χ1n) is 8.88. The van der Waals surface area contributed by atoms with E-state index in [0.717, 1.165) is 10.8 Å². The molecule has 0 aliphatic carbocycles. The highest BCUT2D eigenvalue weighted by Gasteiger charge is 2.15. The van der Waals surface area contributed by atoms with Crippen molar-refractivity contribution >= 4 is 26.7 Å². The van der Waals surface area contributed by atoms with Gasteiger partial charge in [0, 0.05) is 12.8 Å². The minimum atomic E-state index is -3.45. The number of aryl methyl sites for hydroxylation is 1. The second-order valence-corrected chi connectivity index (χ2v) is 8.69. The summed E-state index contributed by atoms with van der Waals surface area (Å²) < 4.78 is 29.6. The third kappa shape index (κ3) is 4.45. The van der Waals surface area contributed by atoms with Crippen LogP contribution in [0.25, 0.3) is 10.9 Å². The lowest BCUT2D eigenvalue weighted by Crippen LogP contribution is -2.35. The van der Waals surface area contributed by atoms with Gasteiger partial charge in [-0.05, 0) is 43.2 Å². The average molecular weight is 416 g/mol. The number of rotatable bonds is 6. The first-order chi connectivity index (χ1) is 13.7. The van der Waals surface area contributed by atoms with Crippen molar-refractivity contribution in [1.82, 2.24) is 9.55 Å². The van der Waals surface area contributed by atoms with E-state index >= 15 is 0 Å². The molecule has 0 radical (unpaired) electrons. The summed E-state index contributed by atoms with van der Waals surface area (Å²) in [4.78, 5) is 39.6. The van der Waals surface area contributed by atoms with Crippen molar-refractivity contribution in [1.29, 1.82) is 0 Å². The second-order valence-electron chi connectivity index (χ2n) is 6.67. The second kappa shape index (κ2) is 8.04. The molecule has 1 heterocycles. The van der Waals surface area contributed by atoms with Crippen molar-refractivity contribution in [3.05, 3.63) is 74.4 Å². The van der Waals surface area contributed by atoms with E-state index < -0.39 is 27.1 Å². The molecule has 0 spiro atoms. The van der Waals surface area contributed by atoms with Gasteiger partial charge >= 0.3 is 11.7 Å². The van der Waals surface area contributed by atoms with Crippen LogP contribution in [0.1, 0.15) is 22.3 Å². The molecule has 0 fully saturated rings. The van der Waals surface area contributed by atoms with Crippen LogP contribution in [0.15, 0.2) is 56.9 Å². The Morgan fingerprint density at radius 2 is 1.86 bits per heavy atom. The summed E-state index contributed by atoms with van der Waals surface area (Å²) >= 11 is 0. The number of hydrogen-bond acceptors (Lipinski definition) is 6. The van der Waals surface area contributed by atoms with E-state index in [1.54, 1.807) is 37.3 Å². The Morgan fingerprint density at radius 3 is 2.59 bits per heavy atom. The number of aromatic nitrogens is 2. The number of aromatic amines is 1. The van der Waals surface area contributed by atoms with Gasteiger partial charge in [0.25, 0.3) is 5.56 Å². The molecule has 1 N–H and O–H groups in total. The third-order valence-corrected chi connectivity index (χ3v) is 5.62. The maximum atomic E-state index is 12.5. The summed E-state index contributed by atoms with van der Waals surface area (Å²) in [5.74, 6) is -0.659. The van der Waals surface area contributed by atoms with Gasteiger partial charge in [-0.1, -0.05) is 18.2 Å². The molecule has 0 saturated carbocycles. The lowest BCUT2D eigenvalue weighted by atomic mass is 10.1. The van der Waals surface area contributed by atoms with Crippen LogP contribution < -0.4 is 11.2 Å². The van der Waals surface area contributed by atoms with E-state index in [9.17, 15) is 22.8 Å². The number of benzene rings is 2. The quantitative estimate of drug-likeness (QED) is 0.483. The predicted molar refractivity (Wildman–Crippen MR) is 108 cm³/mol. The fourth-order valence-corrected chi connectivity index (χ4v) is 3.57. The molecular weight excluding hydrogens is 396 g/mol. The smallest absolute Gasteiger partial charge is 0.338 e. The Morgan fingerprint density at radius 1 is 1.14 bits per heavy atom. The zero-order valence-electron chi connectivity index (χ0n) is 16.0. The molecule has 0 unspecified atom stereocenters. The molecule has 0 saturated heterocycles. The molecule has 3 rings (SSSR count). The first-order valence-corrected chi connectivity index (χ1v) is 10.8. The number of carbonyl (C=O) groups excluding carboxylic acids is 1. The summed E-state index contributed by atoms with van der Waals surface area (Å²) in [5.41, 5.74) is 0.272. The van der Waals surface area contributed by atoms with Crippen LogP contribution in [-0.2, 0) is 21.1 Å². The molecule has 152 valence electrons. The monoisotopic (exact) mass is 416 g/mol. The van der Waals surface area contributed by atoms with Crippen LogP contribution in [0, 0.1) is 6.92 Å². The Kier molecular flexibility index (Phi) is 5.69. The third-order valence-electron chi connectivity index (χ3n) is 4.51. The Balaban J connectivity index is 1.69. The molecule has 1 aromatic heterocycles. The maximum Gasteiger partial charge on any atom is 0.338 e. The largest absolute Gasteiger partial charge is 0.462 e. The van der Waals surface area contributed by atoms with Crippen molar-refractivity contribution in [2.75, 3.05) is 12.9 Å². The summed E-state index contributed by atoms with van der Waals surface area (Å²) in [6.07, 6.45) is 1.31. The summed E-state index contributed by atoms with van der Waals surface area (Å²) in [7, 11) is -3.45. The van der Waals surface area contributed by atoms with Gasteiger partial charge in [0.2, 0.25) is 0 Å². The molecule has 0 atom stereocenters. The van der Waals surface area contributed by atoms with E-state index in [2.05, 4.69) is 4.98 Å². The van der Waals surface area contributed by atoms with Crippen LogP contribution in [0.3, 0.4) is 0 Å². The minimum absolute atomic E-state index is 0.0277. The molecule has 0 bridgehead atoms. The number of nitrogens with one attached hydrogen (secondary N) is 1. The van der Waals surface area contributed by atoms with Crippen LogP contribution in [0.4, 0.5) is 0 Å². The van der Waals surface area contributed by atoms with Gasteiger partial charge in [0.1, 0.15) is 0 Å². The SMILES string of the molecule is Cc1ccc(S(C)(=O)=O)cc1C(=O)OCCCn1c(=O)[nH]c2ccccc2c1=O. The van der Waals surface area contributed by atoms with E-state index in [1.807, 2.05) is 0 Å². The van der Waals surface area contributed by atoms with Crippen LogP contribution in [0.2, 0.25) is 0 Å². The van der Waals surface area contributed by atoms with Crippen LogP contribution >= 0.6 is 0 Å².